The molecule has 35 heavy (non-hydrogen) atoms. The highest BCUT2D eigenvalue weighted by molar-refractivity contribution is 5.99. The van der Waals surface area contributed by atoms with Crippen molar-refractivity contribution in [3.8, 4) is 23.0 Å². The first-order valence-corrected chi connectivity index (χ1v) is 11.5. The van der Waals surface area contributed by atoms with Gasteiger partial charge in [-0.05, 0) is 48.4 Å². The molecule has 0 aliphatic carbocycles. The summed E-state index contributed by atoms with van der Waals surface area (Å²) in [5.41, 5.74) is 2.98. The summed E-state index contributed by atoms with van der Waals surface area (Å²) in [5, 5.41) is 2.92. The maximum atomic E-state index is 13.3. The van der Waals surface area contributed by atoms with Crippen LogP contribution in [0.15, 0.2) is 60.7 Å². The van der Waals surface area contributed by atoms with Crippen LogP contribution in [-0.4, -0.2) is 37.2 Å². The van der Waals surface area contributed by atoms with Gasteiger partial charge in [-0.1, -0.05) is 24.3 Å². The second kappa shape index (κ2) is 9.58. The van der Waals surface area contributed by atoms with E-state index in [1.165, 1.54) is 0 Å². The predicted molar refractivity (Wildman–Crippen MR) is 129 cm³/mol. The molecule has 3 aromatic carbocycles. The number of anilines is 1. The van der Waals surface area contributed by atoms with Crippen LogP contribution >= 0.6 is 0 Å². The molecule has 0 saturated carbocycles. The number of hydrogen-bond acceptors (Lipinski definition) is 6. The lowest BCUT2D eigenvalue weighted by atomic mass is 10.0. The molecule has 2 amide bonds. The average molecular weight is 475 g/mol. The zero-order valence-corrected chi connectivity index (χ0v) is 19.6. The second-order valence-electron chi connectivity index (χ2n) is 8.27. The third-order valence-corrected chi connectivity index (χ3v) is 6.13. The highest BCUT2D eigenvalue weighted by Crippen LogP contribution is 2.38. The Morgan fingerprint density at radius 3 is 2.69 bits per heavy atom. The zero-order chi connectivity index (χ0) is 24.4. The molecule has 1 unspecified atom stereocenters. The Labute approximate surface area is 203 Å². The predicted octanol–water partition coefficient (Wildman–Crippen LogP) is 4.55. The highest BCUT2D eigenvalue weighted by Gasteiger charge is 2.35. The average Bonchev–Trinajstić information content (AvgIpc) is 3.47. The Morgan fingerprint density at radius 2 is 1.89 bits per heavy atom. The van der Waals surface area contributed by atoms with Crippen LogP contribution in [0.1, 0.15) is 40.9 Å². The van der Waals surface area contributed by atoms with E-state index >= 15 is 0 Å². The number of hydrogen-bond donors (Lipinski definition) is 1. The Kier molecular flexibility index (Phi) is 6.18. The van der Waals surface area contributed by atoms with Crippen LogP contribution in [0.3, 0.4) is 0 Å². The fourth-order valence-electron chi connectivity index (χ4n) is 4.46. The van der Waals surface area contributed by atoms with E-state index in [0.29, 0.717) is 47.4 Å². The first kappa shape index (κ1) is 22.6. The first-order valence-electron chi connectivity index (χ1n) is 11.5. The number of methoxy groups -OCH3 is 1. The van der Waals surface area contributed by atoms with E-state index in [9.17, 15) is 9.59 Å². The number of nitrogens with one attached hydrogen (secondary N) is 1. The third-order valence-electron chi connectivity index (χ3n) is 6.13. The molecule has 0 aromatic heterocycles. The molecular weight excluding hydrogens is 448 g/mol. The van der Waals surface area contributed by atoms with Crippen molar-refractivity contribution in [3.63, 3.8) is 0 Å². The number of carbonyl (C=O) groups excluding carboxylic acids is 2. The number of benzene rings is 3. The van der Waals surface area contributed by atoms with Crippen LogP contribution < -0.4 is 24.3 Å². The molecule has 5 rings (SSSR count). The highest BCUT2D eigenvalue weighted by atomic mass is 16.7. The Balaban J connectivity index is 1.43. The molecular formula is C27H26N2O6. The monoisotopic (exact) mass is 474 g/mol. The molecule has 2 heterocycles. The van der Waals surface area contributed by atoms with E-state index < -0.39 is 6.04 Å². The van der Waals surface area contributed by atoms with Crippen molar-refractivity contribution < 1.29 is 28.5 Å². The SMILES string of the molecule is CCOc1ccc(C(CC(=O)Nc2ccc3c(c2)OCO3)N2Cc3ccccc3C2=O)cc1OC. The molecule has 0 radical (unpaired) electrons. The molecule has 2 aliphatic rings. The van der Waals surface area contributed by atoms with Crippen LogP contribution in [0.4, 0.5) is 5.69 Å². The molecule has 2 aliphatic heterocycles. The summed E-state index contributed by atoms with van der Waals surface area (Å²) >= 11 is 0. The maximum absolute atomic E-state index is 13.3. The number of ether oxygens (including phenoxy) is 4. The molecule has 0 fully saturated rings. The van der Waals surface area contributed by atoms with E-state index in [-0.39, 0.29) is 25.0 Å². The minimum Gasteiger partial charge on any atom is -0.493 e. The molecule has 0 saturated heterocycles. The van der Waals surface area contributed by atoms with Gasteiger partial charge in [0.25, 0.3) is 5.91 Å². The van der Waals surface area contributed by atoms with Gasteiger partial charge >= 0.3 is 0 Å². The number of fused-ring (bicyclic) bond motifs is 2. The van der Waals surface area contributed by atoms with Crippen molar-refractivity contribution in [2.24, 2.45) is 0 Å². The third kappa shape index (κ3) is 4.47. The normalized spacial score (nSPS) is 14.5. The van der Waals surface area contributed by atoms with E-state index in [2.05, 4.69) is 5.32 Å². The zero-order valence-electron chi connectivity index (χ0n) is 19.6. The fourth-order valence-corrected chi connectivity index (χ4v) is 4.46. The summed E-state index contributed by atoms with van der Waals surface area (Å²) in [6, 6.07) is 17.8. The first-order chi connectivity index (χ1) is 17.1. The molecule has 0 spiro atoms. The van der Waals surface area contributed by atoms with Crippen LogP contribution in [0.25, 0.3) is 0 Å². The van der Waals surface area contributed by atoms with E-state index in [1.54, 1.807) is 30.2 Å². The van der Waals surface area contributed by atoms with Crippen LogP contribution in [-0.2, 0) is 11.3 Å². The van der Waals surface area contributed by atoms with Gasteiger partial charge in [-0.15, -0.1) is 0 Å². The molecule has 0 bridgehead atoms. The quantitative estimate of drug-likeness (QED) is 0.516. The topological polar surface area (TPSA) is 86.3 Å². The number of rotatable bonds is 8. The van der Waals surface area contributed by atoms with Crippen molar-refractivity contribution in [1.82, 2.24) is 4.90 Å². The van der Waals surface area contributed by atoms with Crippen molar-refractivity contribution >= 4 is 17.5 Å². The summed E-state index contributed by atoms with van der Waals surface area (Å²) in [7, 11) is 1.57. The Morgan fingerprint density at radius 1 is 1.06 bits per heavy atom. The summed E-state index contributed by atoms with van der Waals surface area (Å²) in [4.78, 5) is 28.2. The maximum Gasteiger partial charge on any atom is 0.255 e. The van der Waals surface area contributed by atoms with Gasteiger partial charge in [-0.3, -0.25) is 9.59 Å². The lowest BCUT2D eigenvalue weighted by molar-refractivity contribution is -0.117. The van der Waals surface area contributed by atoms with Gasteiger partial charge in [0.15, 0.2) is 23.0 Å². The summed E-state index contributed by atoms with van der Waals surface area (Å²) in [5.74, 6) is 2.05. The van der Waals surface area contributed by atoms with Gasteiger partial charge in [0.2, 0.25) is 12.7 Å². The van der Waals surface area contributed by atoms with Crippen molar-refractivity contribution in [2.75, 3.05) is 25.8 Å². The molecule has 8 nitrogen and oxygen atoms in total. The minimum absolute atomic E-state index is 0.0608. The number of carbonyl (C=O) groups is 2. The lowest BCUT2D eigenvalue weighted by Crippen LogP contribution is -2.32. The largest absolute Gasteiger partial charge is 0.493 e. The Bertz CT molecular complexity index is 1270. The van der Waals surface area contributed by atoms with E-state index in [4.69, 9.17) is 18.9 Å². The van der Waals surface area contributed by atoms with Crippen molar-refractivity contribution in [1.29, 1.82) is 0 Å². The molecule has 1 atom stereocenters. The molecule has 1 N–H and O–H groups in total. The van der Waals surface area contributed by atoms with Crippen LogP contribution in [0.2, 0.25) is 0 Å². The van der Waals surface area contributed by atoms with Crippen molar-refractivity contribution in [2.45, 2.75) is 25.9 Å². The van der Waals surface area contributed by atoms with Gasteiger partial charge in [0, 0.05) is 23.9 Å². The van der Waals surface area contributed by atoms with E-state index in [1.807, 2.05) is 49.4 Å². The van der Waals surface area contributed by atoms with Gasteiger partial charge in [0.05, 0.1) is 26.2 Å². The summed E-state index contributed by atoms with van der Waals surface area (Å²) in [6.07, 6.45) is 0.0608. The number of nitrogens with zero attached hydrogens (tertiary/aromatic N) is 1. The van der Waals surface area contributed by atoms with Gasteiger partial charge < -0.3 is 29.2 Å². The smallest absolute Gasteiger partial charge is 0.255 e. The van der Waals surface area contributed by atoms with Gasteiger partial charge in [-0.25, -0.2) is 0 Å². The van der Waals surface area contributed by atoms with Gasteiger partial charge in [0.1, 0.15) is 0 Å². The van der Waals surface area contributed by atoms with Crippen molar-refractivity contribution in [3.05, 3.63) is 77.4 Å². The van der Waals surface area contributed by atoms with Gasteiger partial charge in [-0.2, -0.15) is 0 Å². The molecule has 8 heteroatoms. The summed E-state index contributed by atoms with van der Waals surface area (Å²) < 4.78 is 21.9. The fraction of sp³-hybridized carbons (Fsp3) is 0.259. The second-order valence-corrected chi connectivity index (χ2v) is 8.27. The number of amides is 2. The minimum atomic E-state index is -0.506. The van der Waals surface area contributed by atoms with E-state index in [0.717, 1.165) is 11.1 Å². The lowest BCUT2D eigenvalue weighted by Gasteiger charge is -2.28. The standard InChI is InChI=1S/C27H26N2O6/c1-3-33-22-10-8-17(12-24(22)32-2)21(29-15-18-6-4-5-7-20(18)27(29)31)14-26(30)28-19-9-11-23-25(13-19)35-16-34-23/h4-13,21H,3,14-16H2,1-2H3,(H,28,30). The summed E-state index contributed by atoms with van der Waals surface area (Å²) in [6.45, 7) is 2.98. The van der Waals surface area contributed by atoms with Crippen LogP contribution in [0.5, 0.6) is 23.0 Å². The Hall–Kier alpha value is -4.20. The molecule has 180 valence electrons. The molecule has 3 aromatic rings. The van der Waals surface area contributed by atoms with Crippen LogP contribution in [0, 0.1) is 0 Å².